The Bertz CT molecular complexity index is 354. The van der Waals surface area contributed by atoms with Gasteiger partial charge in [0.05, 0.1) is 20.3 Å². The molecule has 1 heterocycles. The van der Waals surface area contributed by atoms with Gasteiger partial charge in [-0.15, -0.1) is 0 Å². The average molecular weight is 234 g/mol. The summed E-state index contributed by atoms with van der Waals surface area (Å²) in [4.78, 5) is 0. The van der Waals surface area contributed by atoms with E-state index in [-0.39, 0.29) is 18.1 Å². The molecule has 1 aromatic rings. The first kappa shape index (κ1) is 12.4. The van der Waals surface area contributed by atoms with Gasteiger partial charge in [-0.25, -0.2) is 0 Å². The fourth-order valence-corrected chi connectivity index (χ4v) is 1.86. The molecule has 1 saturated heterocycles. The Morgan fingerprint density at radius 3 is 2.53 bits per heavy atom. The van der Waals surface area contributed by atoms with Crippen molar-refractivity contribution in [1.82, 2.24) is 0 Å². The summed E-state index contributed by atoms with van der Waals surface area (Å²) in [6.45, 7) is 9.05. The van der Waals surface area contributed by atoms with E-state index in [0.717, 1.165) is 11.3 Å². The highest BCUT2D eigenvalue weighted by atomic mass is 16.7. The number of rotatable bonds is 3. The predicted molar refractivity (Wildman–Crippen MR) is 64.6 cm³/mol. The standard InChI is InChI=1S/C14H18O3/c1-10(2)11-8-16-14(17-9-11)12-6-4-5-7-13(12)15-3/h1,4-7,10-11,14H,8-9H2,2-3H3. The number of para-hydroxylation sites is 1. The van der Waals surface area contributed by atoms with Crippen LogP contribution < -0.4 is 4.74 Å². The molecule has 2 radical (unpaired) electrons. The number of hydrogen-bond donors (Lipinski definition) is 0. The Labute approximate surface area is 103 Å². The van der Waals surface area contributed by atoms with Crippen molar-refractivity contribution in [3.8, 4) is 5.75 Å². The summed E-state index contributed by atoms with van der Waals surface area (Å²) in [6.07, 6.45) is -0.346. The minimum absolute atomic E-state index is 0.0913. The number of benzene rings is 1. The molecule has 0 N–H and O–H groups in total. The van der Waals surface area contributed by atoms with Crippen LogP contribution in [0, 0.1) is 18.8 Å². The van der Waals surface area contributed by atoms with E-state index in [1.807, 2.05) is 31.2 Å². The molecular formula is C14H18O3. The lowest BCUT2D eigenvalue weighted by Crippen LogP contribution is -2.30. The van der Waals surface area contributed by atoms with E-state index >= 15 is 0 Å². The number of methoxy groups -OCH3 is 1. The zero-order valence-electron chi connectivity index (χ0n) is 10.3. The Balaban J connectivity index is 2.05. The van der Waals surface area contributed by atoms with Crippen LogP contribution in [0.2, 0.25) is 0 Å². The van der Waals surface area contributed by atoms with E-state index in [2.05, 4.69) is 0 Å². The second kappa shape index (κ2) is 5.52. The average Bonchev–Trinajstić information content (AvgIpc) is 2.39. The SMILES string of the molecule is [CH]C(C)C1COC(c2ccccc2OC)OC1. The van der Waals surface area contributed by atoms with Gasteiger partial charge in [-0.2, -0.15) is 0 Å². The van der Waals surface area contributed by atoms with Gasteiger partial charge in [-0.05, 0) is 18.9 Å². The molecule has 0 aromatic heterocycles. The van der Waals surface area contributed by atoms with Crippen molar-refractivity contribution in [2.45, 2.75) is 13.2 Å². The first-order valence-corrected chi connectivity index (χ1v) is 5.84. The van der Waals surface area contributed by atoms with Crippen molar-refractivity contribution in [1.29, 1.82) is 0 Å². The summed E-state index contributed by atoms with van der Waals surface area (Å²) in [5.74, 6) is 1.14. The summed E-state index contributed by atoms with van der Waals surface area (Å²) in [6, 6.07) is 7.73. The third-order valence-electron chi connectivity index (χ3n) is 3.06. The first-order chi connectivity index (χ1) is 8.22. The van der Waals surface area contributed by atoms with Crippen molar-refractivity contribution in [2.75, 3.05) is 20.3 Å². The van der Waals surface area contributed by atoms with Crippen molar-refractivity contribution in [2.24, 2.45) is 11.8 Å². The van der Waals surface area contributed by atoms with Crippen molar-refractivity contribution >= 4 is 0 Å². The van der Waals surface area contributed by atoms with Crippen LogP contribution in [0.5, 0.6) is 5.75 Å². The van der Waals surface area contributed by atoms with Gasteiger partial charge in [0.2, 0.25) is 0 Å². The van der Waals surface area contributed by atoms with Crippen LogP contribution >= 0.6 is 0 Å². The lowest BCUT2D eigenvalue weighted by molar-refractivity contribution is -0.210. The van der Waals surface area contributed by atoms with Crippen molar-refractivity contribution < 1.29 is 14.2 Å². The molecule has 1 unspecified atom stereocenters. The zero-order chi connectivity index (χ0) is 12.3. The van der Waals surface area contributed by atoms with Crippen LogP contribution in [-0.2, 0) is 9.47 Å². The molecule has 0 amide bonds. The fourth-order valence-electron chi connectivity index (χ4n) is 1.86. The van der Waals surface area contributed by atoms with Crippen LogP contribution in [0.4, 0.5) is 0 Å². The lowest BCUT2D eigenvalue weighted by Gasteiger charge is -2.32. The van der Waals surface area contributed by atoms with Crippen LogP contribution in [0.1, 0.15) is 18.8 Å². The maximum atomic E-state index is 5.82. The van der Waals surface area contributed by atoms with E-state index in [9.17, 15) is 0 Å². The number of hydrogen-bond acceptors (Lipinski definition) is 3. The second-order valence-electron chi connectivity index (χ2n) is 4.36. The quantitative estimate of drug-likeness (QED) is 0.804. The predicted octanol–water partition coefficient (Wildman–Crippen LogP) is 2.70. The molecule has 92 valence electrons. The molecule has 0 aliphatic carbocycles. The molecule has 0 bridgehead atoms. The van der Waals surface area contributed by atoms with Crippen molar-refractivity contribution in [3.05, 3.63) is 36.8 Å². The molecule has 1 atom stereocenters. The van der Waals surface area contributed by atoms with Crippen LogP contribution in [0.15, 0.2) is 24.3 Å². The summed E-state index contributed by atoms with van der Waals surface area (Å²) >= 11 is 0. The van der Waals surface area contributed by atoms with Gasteiger partial charge in [0.1, 0.15) is 5.75 Å². The minimum atomic E-state index is -0.346. The molecule has 1 aliphatic rings. The molecule has 1 aromatic carbocycles. The molecule has 1 aliphatic heterocycles. The zero-order valence-corrected chi connectivity index (χ0v) is 10.3. The molecule has 2 rings (SSSR count). The first-order valence-electron chi connectivity index (χ1n) is 5.84. The van der Waals surface area contributed by atoms with Crippen LogP contribution in [-0.4, -0.2) is 20.3 Å². The molecule has 3 nitrogen and oxygen atoms in total. The smallest absolute Gasteiger partial charge is 0.187 e. The monoisotopic (exact) mass is 234 g/mol. The third kappa shape index (κ3) is 2.79. The van der Waals surface area contributed by atoms with Gasteiger partial charge in [-0.3, -0.25) is 0 Å². The Morgan fingerprint density at radius 1 is 1.29 bits per heavy atom. The maximum Gasteiger partial charge on any atom is 0.187 e. The van der Waals surface area contributed by atoms with Gasteiger partial charge in [0.15, 0.2) is 6.29 Å². The van der Waals surface area contributed by atoms with Crippen LogP contribution in [0.3, 0.4) is 0 Å². The summed E-state index contributed by atoms with van der Waals surface area (Å²) in [7, 11) is 1.65. The highest BCUT2D eigenvalue weighted by Gasteiger charge is 2.27. The Kier molecular flexibility index (Phi) is 4.02. The second-order valence-corrected chi connectivity index (χ2v) is 4.36. The lowest BCUT2D eigenvalue weighted by atomic mass is 9.97. The Morgan fingerprint density at radius 2 is 1.94 bits per heavy atom. The summed E-state index contributed by atoms with van der Waals surface area (Å²) < 4.78 is 16.7. The number of ether oxygens (including phenoxy) is 3. The maximum absolute atomic E-state index is 5.82. The van der Waals surface area contributed by atoms with E-state index in [0.29, 0.717) is 13.2 Å². The molecule has 0 saturated carbocycles. The molecule has 0 spiro atoms. The normalized spacial score (nSPS) is 24.9. The highest BCUT2D eigenvalue weighted by molar-refractivity contribution is 5.34. The van der Waals surface area contributed by atoms with E-state index < -0.39 is 0 Å². The topological polar surface area (TPSA) is 27.7 Å². The van der Waals surface area contributed by atoms with Gasteiger partial charge in [0, 0.05) is 11.5 Å². The molecular weight excluding hydrogens is 216 g/mol. The highest BCUT2D eigenvalue weighted by Crippen LogP contribution is 2.32. The van der Waals surface area contributed by atoms with E-state index in [4.69, 9.17) is 21.1 Å². The van der Waals surface area contributed by atoms with E-state index in [1.54, 1.807) is 7.11 Å². The van der Waals surface area contributed by atoms with Gasteiger partial charge in [-0.1, -0.05) is 25.1 Å². The molecule has 17 heavy (non-hydrogen) atoms. The largest absolute Gasteiger partial charge is 0.496 e. The minimum Gasteiger partial charge on any atom is -0.496 e. The third-order valence-corrected chi connectivity index (χ3v) is 3.06. The van der Waals surface area contributed by atoms with Crippen molar-refractivity contribution in [3.63, 3.8) is 0 Å². The summed E-state index contributed by atoms with van der Waals surface area (Å²) in [5, 5.41) is 0. The van der Waals surface area contributed by atoms with Gasteiger partial charge < -0.3 is 14.2 Å². The van der Waals surface area contributed by atoms with Gasteiger partial charge in [0.25, 0.3) is 0 Å². The molecule has 3 heteroatoms. The Hall–Kier alpha value is -1.06. The summed E-state index contributed by atoms with van der Waals surface area (Å²) in [5.41, 5.74) is 0.929. The van der Waals surface area contributed by atoms with E-state index in [1.165, 1.54) is 0 Å². The molecule has 1 fully saturated rings. The fraction of sp³-hybridized carbons (Fsp3) is 0.500. The van der Waals surface area contributed by atoms with Crippen LogP contribution in [0.25, 0.3) is 0 Å². The van der Waals surface area contributed by atoms with Gasteiger partial charge >= 0.3 is 0 Å².